The fraction of sp³-hybridized carbons (Fsp3) is 0.333. The predicted molar refractivity (Wildman–Crippen MR) is 110 cm³/mol. The number of amides is 1. The van der Waals surface area contributed by atoms with Crippen molar-refractivity contribution in [3.05, 3.63) is 63.6 Å². The lowest BCUT2D eigenvalue weighted by Gasteiger charge is -2.20. The van der Waals surface area contributed by atoms with Gasteiger partial charge in [0.25, 0.3) is 5.91 Å². The number of ether oxygens (including phenoxy) is 1. The number of carbonyl (C=O) groups is 1. The summed E-state index contributed by atoms with van der Waals surface area (Å²) in [6, 6.07) is 13.9. The second kappa shape index (κ2) is 8.49. The van der Waals surface area contributed by atoms with Gasteiger partial charge in [-0.15, -0.1) is 0 Å². The van der Waals surface area contributed by atoms with E-state index >= 15 is 0 Å². The molecule has 0 aromatic heterocycles. The highest BCUT2D eigenvalue weighted by Gasteiger charge is 2.15. The molecular weight excluding hydrogens is 392 g/mol. The summed E-state index contributed by atoms with van der Waals surface area (Å²) in [6.07, 6.45) is 0. The lowest BCUT2D eigenvalue weighted by molar-refractivity contribution is -0.123. The van der Waals surface area contributed by atoms with Gasteiger partial charge in [-0.25, -0.2) is 5.43 Å². The zero-order valence-corrected chi connectivity index (χ0v) is 17.5. The number of hydrogen-bond acceptors (Lipinski definition) is 3. The molecule has 0 bridgehead atoms. The Morgan fingerprint density at radius 2 is 1.81 bits per heavy atom. The Kier molecular flexibility index (Phi) is 6.59. The fourth-order valence-electron chi connectivity index (χ4n) is 2.27. The Morgan fingerprint density at radius 1 is 1.15 bits per heavy atom. The standard InChI is InChI=1S/C21H25BrN2O2/c1-14-6-8-16(9-7-14)15(2)23-24-20(25)13-26-19-11-10-17(12-18(19)22)21(3,4)5/h6-12H,13H2,1-5H3,(H,24,25)/b23-15-. The van der Waals surface area contributed by atoms with Gasteiger partial charge in [0, 0.05) is 0 Å². The van der Waals surface area contributed by atoms with Crippen LogP contribution in [0.25, 0.3) is 0 Å². The molecule has 0 heterocycles. The molecule has 2 aromatic rings. The summed E-state index contributed by atoms with van der Waals surface area (Å²) >= 11 is 3.50. The Morgan fingerprint density at radius 3 is 2.38 bits per heavy atom. The normalized spacial score (nSPS) is 12.0. The molecule has 2 aromatic carbocycles. The summed E-state index contributed by atoms with van der Waals surface area (Å²) in [4.78, 5) is 12.0. The number of benzene rings is 2. The molecule has 0 aliphatic rings. The molecule has 5 heteroatoms. The molecule has 0 spiro atoms. The van der Waals surface area contributed by atoms with Crippen LogP contribution in [0.4, 0.5) is 0 Å². The predicted octanol–water partition coefficient (Wildman–Crippen LogP) is 4.97. The van der Waals surface area contributed by atoms with E-state index in [0.29, 0.717) is 5.75 Å². The third-order valence-electron chi connectivity index (χ3n) is 3.97. The molecule has 0 aliphatic carbocycles. The van der Waals surface area contributed by atoms with Crippen LogP contribution in [-0.4, -0.2) is 18.2 Å². The van der Waals surface area contributed by atoms with E-state index in [1.165, 1.54) is 11.1 Å². The van der Waals surface area contributed by atoms with Gasteiger partial charge in [0.1, 0.15) is 5.75 Å². The van der Waals surface area contributed by atoms with E-state index in [2.05, 4.69) is 47.2 Å². The zero-order valence-electron chi connectivity index (χ0n) is 15.9. The first-order chi connectivity index (χ1) is 12.2. The molecule has 2 rings (SSSR count). The van der Waals surface area contributed by atoms with Gasteiger partial charge in [-0.1, -0.05) is 56.7 Å². The number of aryl methyl sites for hydroxylation is 1. The summed E-state index contributed by atoms with van der Waals surface area (Å²) in [6.45, 7) is 10.2. The molecule has 0 saturated carbocycles. The molecule has 1 N–H and O–H groups in total. The van der Waals surface area contributed by atoms with Crippen molar-refractivity contribution in [2.45, 2.75) is 40.0 Å². The molecule has 1 amide bonds. The molecule has 0 atom stereocenters. The molecule has 0 fully saturated rings. The highest BCUT2D eigenvalue weighted by molar-refractivity contribution is 9.10. The number of hydrogen-bond donors (Lipinski definition) is 1. The van der Waals surface area contributed by atoms with Gasteiger partial charge in [-0.05, 0) is 58.5 Å². The van der Waals surface area contributed by atoms with Crippen LogP contribution >= 0.6 is 15.9 Å². The average molecular weight is 417 g/mol. The minimum Gasteiger partial charge on any atom is -0.483 e. The summed E-state index contributed by atoms with van der Waals surface area (Å²) < 4.78 is 6.42. The molecule has 0 radical (unpaired) electrons. The Bertz CT molecular complexity index is 806. The van der Waals surface area contributed by atoms with Crippen molar-refractivity contribution in [1.82, 2.24) is 5.43 Å². The van der Waals surface area contributed by atoms with Crippen LogP contribution in [0.15, 0.2) is 52.0 Å². The smallest absolute Gasteiger partial charge is 0.277 e. The van der Waals surface area contributed by atoms with E-state index in [4.69, 9.17) is 4.74 Å². The summed E-state index contributed by atoms with van der Waals surface area (Å²) in [5.41, 5.74) is 6.68. The van der Waals surface area contributed by atoms with Crippen LogP contribution in [0.5, 0.6) is 5.75 Å². The van der Waals surface area contributed by atoms with Gasteiger partial charge < -0.3 is 4.74 Å². The Hall–Kier alpha value is -2.14. The van der Waals surface area contributed by atoms with Crippen LogP contribution in [0.1, 0.15) is 44.4 Å². The molecule has 0 unspecified atom stereocenters. The minimum atomic E-state index is -0.303. The molecule has 4 nitrogen and oxygen atoms in total. The molecule has 0 aliphatic heterocycles. The van der Waals surface area contributed by atoms with Crippen LogP contribution in [0, 0.1) is 6.92 Å². The number of halogens is 1. The third kappa shape index (κ3) is 5.70. The zero-order chi connectivity index (χ0) is 19.3. The fourth-order valence-corrected chi connectivity index (χ4v) is 2.76. The first-order valence-electron chi connectivity index (χ1n) is 8.50. The Labute approximate surface area is 163 Å². The van der Waals surface area contributed by atoms with Gasteiger partial charge in [-0.3, -0.25) is 4.79 Å². The molecule has 138 valence electrons. The van der Waals surface area contributed by atoms with E-state index in [1.54, 1.807) is 0 Å². The van der Waals surface area contributed by atoms with Crippen molar-refractivity contribution in [2.24, 2.45) is 5.10 Å². The van der Waals surface area contributed by atoms with Crippen LogP contribution < -0.4 is 10.2 Å². The Balaban J connectivity index is 1.92. The number of carbonyl (C=O) groups excluding carboxylic acids is 1. The van der Waals surface area contributed by atoms with Gasteiger partial charge in [0.2, 0.25) is 0 Å². The molecular formula is C21H25BrN2O2. The largest absolute Gasteiger partial charge is 0.483 e. The molecule has 0 saturated heterocycles. The number of hydrazone groups is 1. The lowest BCUT2D eigenvalue weighted by atomic mass is 9.87. The first kappa shape index (κ1) is 20.2. The van der Waals surface area contributed by atoms with Gasteiger partial charge in [0.15, 0.2) is 6.61 Å². The van der Waals surface area contributed by atoms with Crippen LogP contribution in [0.3, 0.4) is 0 Å². The highest BCUT2D eigenvalue weighted by Crippen LogP contribution is 2.31. The monoisotopic (exact) mass is 416 g/mol. The third-order valence-corrected chi connectivity index (χ3v) is 4.59. The number of nitrogens with zero attached hydrogens (tertiary/aromatic N) is 1. The lowest BCUT2D eigenvalue weighted by Crippen LogP contribution is -2.25. The summed E-state index contributed by atoms with van der Waals surface area (Å²) in [5, 5.41) is 4.13. The second-order valence-electron chi connectivity index (χ2n) is 7.28. The number of nitrogens with one attached hydrogen (secondary N) is 1. The second-order valence-corrected chi connectivity index (χ2v) is 8.14. The quantitative estimate of drug-likeness (QED) is 0.552. The average Bonchev–Trinajstić information content (AvgIpc) is 2.58. The van der Waals surface area contributed by atoms with Crippen molar-refractivity contribution >= 4 is 27.5 Å². The van der Waals surface area contributed by atoms with E-state index < -0.39 is 0 Å². The highest BCUT2D eigenvalue weighted by atomic mass is 79.9. The minimum absolute atomic E-state index is 0.0562. The van der Waals surface area contributed by atoms with Crippen LogP contribution in [0.2, 0.25) is 0 Å². The van der Waals surface area contributed by atoms with E-state index in [-0.39, 0.29) is 17.9 Å². The molecule has 26 heavy (non-hydrogen) atoms. The van der Waals surface area contributed by atoms with Gasteiger partial charge in [-0.2, -0.15) is 5.10 Å². The van der Waals surface area contributed by atoms with Crippen molar-refractivity contribution in [3.63, 3.8) is 0 Å². The van der Waals surface area contributed by atoms with E-state index in [1.807, 2.05) is 56.3 Å². The van der Waals surface area contributed by atoms with Crippen molar-refractivity contribution < 1.29 is 9.53 Å². The van der Waals surface area contributed by atoms with Gasteiger partial charge in [0.05, 0.1) is 10.2 Å². The van der Waals surface area contributed by atoms with Crippen molar-refractivity contribution in [3.8, 4) is 5.75 Å². The maximum atomic E-state index is 12.0. The summed E-state index contributed by atoms with van der Waals surface area (Å²) in [7, 11) is 0. The SMILES string of the molecule is C/C(=N/NC(=O)COc1ccc(C(C)(C)C)cc1Br)c1ccc(C)cc1. The van der Waals surface area contributed by atoms with E-state index in [0.717, 1.165) is 15.7 Å². The maximum Gasteiger partial charge on any atom is 0.277 e. The maximum absolute atomic E-state index is 12.0. The topological polar surface area (TPSA) is 50.7 Å². The van der Waals surface area contributed by atoms with Crippen LogP contribution in [-0.2, 0) is 10.2 Å². The van der Waals surface area contributed by atoms with Crippen molar-refractivity contribution in [2.75, 3.05) is 6.61 Å². The first-order valence-corrected chi connectivity index (χ1v) is 9.29. The summed E-state index contributed by atoms with van der Waals surface area (Å²) in [5.74, 6) is 0.329. The van der Waals surface area contributed by atoms with E-state index in [9.17, 15) is 4.79 Å². The van der Waals surface area contributed by atoms with Gasteiger partial charge >= 0.3 is 0 Å². The van der Waals surface area contributed by atoms with Crippen molar-refractivity contribution in [1.29, 1.82) is 0 Å². The number of rotatable bonds is 5.